The molecule has 0 aliphatic carbocycles. The molecule has 7 heteroatoms. The number of nitrogens with two attached hydrogens (primary N) is 1. The van der Waals surface area contributed by atoms with E-state index in [0.717, 1.165) is 25.9 Å². The molecule has 0 saturated heterocycles. The molecule has 35 heavy (non-hydrogen) atoms. The molecular formula is C28H56CuN2O2S2. The third kappa shape index (κ3) is 38.6. The zero-order chi connectivity index (χ0) is 25.7. The van der Waals surface area contributed by atoms with Crippen LogP contribution in [0.15, 0.2) is 0 Å². The summed E-state index contributed by atoms with van der Waals surface area (Å²) in [6.45, 7) is 6.30. The van der Waals surface area contributed by atoms with Crippen LogP contribution in [0.2, 0.25) is 0 Å². The Morgan fingerprint density at radius 1 is 0.514 bits per heavy atom. The number of thiocarbonyl (C=S) groups is 2. The molecule has 0 fully saturated rings. The van der Waals surface area contributed by atoms with E-state index in [1.165, 1.54) is 128 Å². The van der Waals surface area contributed by atoms with Gasteiger partial charge in [-0.15, -0.1) is 0 Å². The van der Waals surface area contributed by atoms with Gasteiger partial charge in [0, 0.05) is 23.4 Å². The van der Waals surface area contributed by atoms with E-state index in [1.54, 1.807) is 0 Å². The fraction of sp³-hybridized carbons (Fsp3) is 0.929. The number of rotatable bonds is 24. The van der Waals surface area contributed by atoms with Crippen molar-refractivity contribution in [2.75, 3.05) is 13.1 Å². The normalized spacial score (nSPS) is 10.2. The number of unbranched alkanes of at least 4 members (excludes halogenated alkanes) is 20. The second-order valence-electron chi connectivity index (χ2n) is 9.64. The first-order valence-electron chi connectivity index (χ1n) is 14.4. The zero-order valence-corrected chi connectivity index (χ0v) is 25.5. The maximum Gasteiger partial charge on any atom is 2.00 e. The third-order valence-corrected chi connectivity index (χ3v) is 6.58. The summed E-state index contributed by atoms with van der Waals surface area (Å²) in [6, 6.07) is 0. The summed E-state index contributed by atoms with van der Waals surface area (Å²) in [6.07, 6.45) is 29.6. The van der Waals surface area contributed by atoms with Crippen LogP contribution in [-0.2, 0) is 17.1 Å². The molecule has 0 aromatic rings. The Balaban J connectivity index is -0.00000189. The van der Waals surface area contributed by atoms with E-state index in [9.17, 15) is 5.11 Å². The predicted octanol–water partition coefficient (Wildman–Crippen LogP) is 7.14. The van der Waals surface area contributed by atoms with Gasteiger partial charge in [-0.25, -0.2) is 0 Å². The molecule has 0 aromatic heterocycles. The van der Waals surface area contributed by atoms with E-state index in [2.05, 4.69) is 31.8 Å². The molecule has 1 radical (unpaired) electrons. The van der Waals surface area contributed by atoms with Crippen molar-refractivity contribution < 1.29 is 27.3 Å². The molecule has 4 nitrogen and oxygen atoms in total. The van der Waals surface area contributed by atoms with Crippen LogP contribution in [0.25, 0.3) is 0 Å². The second kappa shape index (κ2) is 33.9. The van der Waals surface area contributed by atoms with E-state index in [0.29, 0.717) is 0 Å². The number of nitrogens with zero attached hydrogens (tertiary/aromatic N) is 1. The predicted molar refractivity (Wildman–Crippen MR) is 154 cm³/mol. The minimum atomic E-state index is -0.750. The average molecular weight is 580 g/mol. The van der Waals surface area contributed by atoms with Crippen LogP contribution in [0.1, 0.15) is 155 Å². The van der Waals surface area contributed by atoms with Gasteiger partial charge in [0.25, 0.3) is 0 Å². The molecule has 0 atom stereocenters. The van der Waals surface area contributed by atoms with E-state index >= 15 is 0 Å². The summed E-state index contributed by atoms with van der Waals surface area (Å²) in [5, 5.41) is 19.9. The van der Waals surface area contributed by atoms with Gasteiger partial charge in [0.15, 0.2) is 0 Å². The molecule has 0 saturated carbocycles. The minimum Gasteiger partial charge on any atom is -0.852 e. The maximum atomic E-state index is 11.7. The van der Waals surface area contributed by atoms with E-state index in [1.807, 2.05) is 4.90 Å². The molecule has 0 bridgehead atoms. The summed E-state index contributed by atoms with van der Waals surface area (Å²) in [4.78, 5) is 1.91. The smallest absolute Gasteiger partial charge is 0.852 e. The van der Waals surface area contributed by atoms with Gasteiger partial charge in [0.1, 0.15) is 0 Å². The Hall–Kier alpha value is -0.101. The summed E-state index contributed by atoms with van der Waals surface area (Å²) >= 11 is 8.70. The second-order valence-corrected chi connectivity index (χ2v) is 10.4. The van der Waals surface area contributed by atoms with Crippen LogP contribution in [0, 0.1) is 0 Å². The summed E-state index contributed by atoms with van der Waals surface area (Å²) < 4.78 is 0. The largest absolute Gasteiger partial charge is 2.00 e. The van der Waals surface area contributed by atoms with Crippen LogP contribution >= 0.6 is 24.4 Å². The van der Waals surface area contributed by atoms with Crippen LogP contribution in [0.5, 0.6) is 0 Å². The fourth-order valence-corrected chi connectivity index (χ4v) is 4.41. The molecule has 2 N–H and O–H groups in total. The van der Waals surface area contributed by atoms with Crippen molar-refractivity contribution >= 4 is 34.8 Å². The van der Waals surface area contributed by atoms with Crippen molar-refractivity contribution in [2.45, 2.75) is 155 Å². The molecule has 0 aliphatic rings. The van der Waals surface area contributed by atoms with Gasteiger partial charge in [0.2, 0.25) is 0 Å². The summed E-state index contributed by atoms with van der Waals surface area (Å²) in [7, 11) is 0. The molecule has 0 aliphatic heterocycles. The Morgan fingerprint density at radius 3 is 0.914 bits per heavy atom. The van der Waals surface area contributed by atoms with Gasteiger partial charge in [0.05, 0.1) is 0 Å². The van der Waals surface area contributed by atoms with Gasteiger partial charge in [-0.3, -0.25) is 0 Å². The summed E-state index contributed by atoms with van der Waals surface area (Å²) in [5.41, 5.74) is 4.29. The first kappa shape index (κ1) is 39.4. The SMILES string of the molecule is CCCCCCCCCCCCCN(CCCCCCCCCCCCC)C([O-])=S.NC([O-])=S.[Cu+2]. The van der Waals surface area contributed by atoms with Crippen molar-refractivity contribution in [3.05, 3.63) is 0 Å². The number of hydrogen-bond acceptors (Lipinski definition) is 4. The van der Waals surface area contributed by atoms with E-state index in [4.69, 9.17) is 17.3 Å². The van der Waals surface area contributed by atoms with Crippen molar-refractivity contribution in [2.24, 2.45) is 5.73 Å². The van der Waals surface area contributed by atoms with Crippen molar-refractivity contribution in [3.8, 4) is 0 Å². The number of hydrogen-bond donors (Lipinski definition) is 1. The van der Waals surface area contributed by atoms with Crippen molar-refractivity contribution in [1.82, 2.24) is 4.90 Å². The molecule has 0 heterocycles. The van der Waals surface area contributed by atoms with Gasteiger partial charge in [-0.1, -0.05) is 167 Å². The third-order valence-electron chi connectivity index (χ3n) is 6.32. The topological polar surface area (TPSA) is 75.4 Å². The molecule has 0 spiro atoms. The fourth-order valence-electron chi connectivity index (χ4n) is 4.23. The van der Waals surface area contributed by atoms with Crippen molar-refractivity contribution in [3.63, 3.8) is 0 Å². The Kier molecular flexibility index (Phi) is 38.2. The van der Waals surface area contributed by atoms with Crippen molar-refractivity contribution in [1.29, 1.82) is 0 Å². The van der Waals surface area contributed by atoms with Crippen LogP contribution in [0.3, 0.4) is 0 Å². The molecule has 213 valence electrons. The molecule has 0 unspecified atom stereocenters. The van der Waals surface area contributed by atoms with E-state index in [-0.39, 0.29) is 22.2 Å². The van der Waals surface area contributed by atoms with Gasteiger partial charge >= 0.3 is 17.1 Å². The van der Waals surface area contributed by atoms with Crippen LogP contribution < -0.4 is 15.9 Å². The first-order valence-corrected chi connectivity index (χ1v) is 15.2. The van der Waals surface area contributed by atoms with Crippen LogP contribution in [-0.4, -0.2) is 28.3 Å². The monoisotopic (exact) mass is 579 g/mol. The molecule has 0 rings (SSSR count). The van der Waals surface area contributed by atoms with Crippen LogP contribution in [0.4, 0.5) is 0 Å². The molecule has 0 aromatic carbocycles. The Morgan fingerprint density at radius 2 is 0.714 bits per heavy atom. The van der Waals surface area contributed by atoms with E-state index < -0.39 is 5.17 Å². The quantitative estimate of drug-likeness (QED) is 0.0743. The average Bonchev–Trinajstić information content (AvgIpc) is 2.79. The molecular weight excluding hydrogens is 524 g/mol. The summed E-state index contributed by atoms with van der Waals surface area (Å²) in [5.74, 6) is 0. The first-order chi connectivity index (χ1) is 16.5. The van der Waals surface area contributed by atoms with Gasteiger partial charge < -0.3 is 20.8 Å². The Bertz CT molecular complexity index is 413. The standard InChI is InChI=1S/C27H55NOS.CH3NOS.Cu/c1-3-5-7-9-11-13-15-17-19-21-23-25-28(27(29)30)26-24-22-20-18-16-14-12-10-8-6-4-2;2-1(3)4;/h3-26H2,1-2H3,(H,29,30);(H3,2,3,4);/q;;+2/p-2. The Labute approximate surface area is 240 Å². The van der Waals surface area contributed by atoms with Gasteiger partial charge in [-0.05, 0) is 12.8 Å². The van der Waals surface area contributed by atoms with Gasteiger partial charge in [-0.2, -0.15) is 0 Å². The molecule has 0 amide bonds. The minimum absolute atomic E-state index is 0. The maximum absolute atomic E-state index is 11.7. The zero-order valence-electron chi connectivity index (χ0n) is 22.9.